The lowest BCUT2D eigenvalue weighted by atomic mass is 9.81. The van der Waals surface area contributed by atoms with Crippen LogP contribution in [-0.4, -0.2) is 16.9 Å². The third kappa shape index (κ3) is 5.43. The van der Waals surface area contributed by atoms with Gasteiger partial charge in [0.2, 0.25) is 0 Å². The van der Waals surface area contributed by atoms with Crippen LogP contribution in [0.5, 0.6) is 5.75 Å². The molecule has 1 aliphatic rings. The Labute approximate surface area is 160 Å². The Balaban J connectivity index is 1.70. The fourth-order valence-electron chi connectivity index (χ4n) is 3.91. The van der Waals surface area contributed by atoms with Crippen molar-refractivity contribution in [2.45, 2.75) is 45.1 Å². The second-order valence-electron chi connectivity index (χ2n) is 7.25. The molecular formula is C23H26O4. The first-order valence-corrected chi connectivity index (χ1v) is 9.66. The highest BCUT2D eigenvalue weighted by Gasteiger charge is 2.31. The van der Waals surface area contributed by atoms with Crippen LogP contribution in [0.3, 0.4) is 0 Å². The molecule has 2 aromatic rings. The van der Waals surface area contributed by atoms with Crippen LogP contribution >= 0.6 is 0 Å². The molecule has 1 N–H and O–H groups in total. The van der Waals surface area contributed by atoms with Crippen LogP contribution in [0, 0.1) is 11.8 Å². The molecule has 4 heteroatoms. The smallest absolute Gasteiger partial charge is 0.303 e. The lowest BCUT2D eigenvalue weighted by Gasteiger charge is -2.22. The molecule has 3 rings (SSSR count). The minimum Gasteiger partial charge on any atom is -0.489 e. The summed E-state index contributed by atoms with van der Waals surface area (Å²) in [7, 11) is 0. The van der Waals surface area contributed by atoms with Crippen LogP contribution < -0.4 is 4.74 Å². The zero-order chi connectivity index (χ0) is 19.1. The maximum absolute atomic E-state index is 13.1. The summed E-state index contributed by atoms with van der Waals surface area (Å²) in [6, 6.07) is 17.2. The van der Waals surface area contributed by atoms with E-state index in [0.29, 0.717) is 30.3 Å². The van der Waals surface area contributed by atoms with Crippen LogP contribution in [0.15, 0.2) is 54.6 Å². The zero-order valence-corrected chi connectivity index (χ0v) is 15.5. The lowest BCUT2D eigenvalue weighted by molar-refractivity contribution is -0.137. The molecule has 1 aliphatic carbocycles. The number of carboxylic acids is 1. The molecule has 1 saturated carbocycles. The molecule has 0 aromatic heterocycles. The van der Waals surface area contributed by atoms with Crippen molar-refractivity contribution in [1.29, 1.82) is 0 Å². The molecule has 1 fully saturated rings. The Morgan fingerprint density at radius 3 is 2.48 bits per heavy atom. The van der Waals surface area contributed by atoms with E-state index in [4.69, 9.17) is 9.84 Å². The predicted octanol–water partition coefficient (Wildman–Crippen LogP) is 5.12. The summed E-state index contributed by atoms with van der Waals surface area (Å²) in [5, 5.41) is 9.05. The molecule has 2 aromatic carbocycles. The summed E-state index contributed by atoms with van der Waals surface area (Å²) in [6.45, 7) is 0.448. The van der Waals surface area contributed by atoms with Gasteiger partial charge in [0.15, 0.2) is 5.78 Å². The van der Waals surface area contributed by atoms with Crippen molar-refractivity contribution in [3.63, 3.8) is 0 Å². The maximum atomic E-state index is 13.1. The van der Waals surface area contributed by atoms with E-state index in [0.717, 1.165) is 31.2 Å². The molecular weight excluding hydrogens is 340 g/mol. The summed E-state index contributed by atoms with van der Waals surface area (Å²) >= 11 is 0. The normalized spacial score (nSPS) is 15.4. The molecule has 0 amide bonds. The number of benzene rings is 2. The highest BCUT2D eigenvalue weighted by atomic mass is 16.5. The summed E-state index contributed by atoms with van der Waals surface area (Å²) in [6.07, 6.45) is 4.73. The fraction of sp³-hybridized carbons (Fsp3) is 0.391. The van der Waals surface area contributed by atoms with Gasteiger partial charge in [0.05, 0.1) is 0 Å². The van der Waals surface area contributed by atoms with Crippen LogP contribution in [0.1, 0.15) is 54.4 Å². The highest BCUT2D eigenvalue weighted by Crippen LogP contribution is 2.36. The first-order chi connectivity index (χ1) is 13.1. The molecule has 0 bridgehead atoms. The van der Waals surface area contributed by atoms with Crippen molar-refractivity contribution < 1.29 is 19.4 Å². The van der Waals surface area contributed by atoms with Crippen molar-refractivity contribution >= 4 is 11.8 Å². The monoisotopic (exact) mass is 366 g/mol. The lowest BCUT2D eigenvalue weighted by Crippen LogP contribution is -2.23. The van der Waals surface area contributed by atoms with Gasteiger partial charge in [-0.05, 0) is 42.9 Å². The summed E-state index contributed by atoms with van der Waals surface area (Å²) in [4.78, 5) is 24.1. The number of hydrogen-bond acceptors (Lipinski definition) is 3. The van der Waals surface area contributed by atoms with Crippen molar-refractivity contribution in [1.82, 2.24) is 0 Å². The molecule has 0 radical (unpaired) electrons. The Morgan fingerprint density at radius 1 is 1.04 bits per heavy atom. The third-order valence-corrected chi connectivity index (χ3v) is 5.34. The van der Waals surface area contributed by atoms with Crippen molar-refractivity contribution in [2.24, 2.45) is 11.8 Å². The first kappa shape index (κ1) is 19.2. The maximum Gasteiger partial charge on any atom is 0.303 e. The van der Waals surface area contributed by atoms with E-state index in [-0.39, 0.29) is 18.1 Å². The van der Waals surface area contributed by atoms with Crippen LogP contribution in [-0.2, 0) is 11.4 Å². The molecule has 0 unspecified atom stereocenters. The molecule has 142 valence electrons. The van der Waals surface area contributed by atoms with Gasteiger partial charge in [-0.2, -0.15) is 0 Å². The minimum atomic E-state index is -0.842. The van der Waals surface area contributed by atoms with E-state index >= 15 is 0 Å². The first-order valence-electron chi connectivity index (χ1n) is 9.66. The average molecular weight is 366 g/mol. The van der Waals surface area contributed by atoms with E-state index in [9.17, 15) is 9.59 Å². The van der Waals surface area contributed by atoms with E-state index < -0.39 is 5.97 Å². The van der Waals surface area contributed by atoms with Gasteiger partial charge in [0.25, 0.3) is 0 Å². The largest absolute Gasteiger partial charge is 0.489 e. The number of rotatable bonds is 9. The van der Waals surface area contributed by atoms with Crippen LogP contribution in [0.2, 0.25) is 0 Å². The van der Waals surface area contributed by atoms with Gasteiger partial charge in [-0.1, -0.05) is 55.3 Å². The minimum absolute atomic E-state index is 0.0388. The number of Topliss-reactive ketones (excluding diaryl/α,β-unsaturated/α-hetero) is 1. The highest BCUT2D eigenvalue weighted by molar-refractivity contribution is 5.98. The average Bonchev–Trinajstić information content (AvgIpc) is 3.22. The number of hydrogen-bond donors (Lipinski definition) is 1. The second-order valence-corrected chi connectivity index (χ2v) is 7.25. The van der Waals surface area contributed by atoms with Gasteiger partial charge in [-0.3, -0.25) is 9.59 Å². The number of carboxylic acid groups (broad SMARTS) is 1. The van der Waals surface area contributed by atoms with Gasteiger partial charge in [-0.15, -0.1) is 0 Å². The van der Waals surface area contributed by atoms with E-state index in [1.165, 1.54) is 0 Å². The zero-order valence-electron chi connectivity index (χ0n) is 15.5. The third-order valence-electron chi connectivity index (χ3n) is 5.34. The van der Waals surface area contributed by atoms with E-state index in [2.05, 4.69) is 0 Å². The quantitative estimate of drug-likeness (QED) is 0.626. The van der Waals surface area contributed by atoms with E-state index in [1.807, 2.05) is 42.5 Å². The number of ketones is 1. The van der Waals surface area contributed by atoms with Gasteiger partial charge in [0, 0.05) is 17.9 Å². The Bertz CT molecular complexity index is 763. The predicted molar refractivity (Wildman–Crippen MR) is 104 cm³/mol. The second kappa shape index (κ2) is 9.36. The number of aliphatic carboxylic acids is 1. The number of carbonyl (C=O) groups is 2. The molecule has 0 spiro atoms. The molecule has 0 heterocycles. The van der Waals surface area contributed by atoms with Crippen LogP contribution in [0.4, 0.5) is 0 Å². The van der Waals surface area contributed by atoms with Crippen molar-refractivity contribution in [3.8, 4) is 5.75 Å². The van der Waals surface area contributed by atoms with E-state index in [1.54, 1.807) is 12.1 Å². The van der Waals surface area contributed by atoms with Gasteiger partial charge < -0.3 is 9.84 Å². The van der Waals surface area contributed by atoms with Crippen LogP contribution in [0.25, 0.3) is 0 Å². The van der Waals surface area contributed by atoms with Gasteiger partial charge in [0.1, 0.15) is 12.4 Å². The molecule has 0 aliphatic heterocycles. The van der Waals surface area contributed by atoms with Gasteiger partial charge >= 0.3 is 5.97 Å². The Morgan fingerprint density at radius 2 is 1.78 bits per heavy atom. The van der Waals surface area contributed by atoms with Crippen molar-refractivity contribution in [2.75, 3.05) is 0 Å². The standard InChI is InChI=1S/C23H26O4/c24-22(25)14-13-21(18-9-4-5-10-18)23(26)19-11-6-12-20(15-19)27-16-17-7-2-1-3-8-17/h1-3,6-8,11-12,15,18,21H,4-5,9-10,13-14,16H2,(H,24,25)/t21-/m0/s1. The Kier molecular flexibility index (Phi) is 6.64. The number of carbonyl (C=O) groups excluding carboxylic acids is 1. The molecule has 1 atom stereocenters. The Hall–Kier alpha value is -2.62. The topological polar surface area (TPSA) is 63.6 Å². The summed E-state index contributed by atoms with van der Waals surface area (Å²) < 4.78 is 5.84. The summed E-state index contributed by atoms with van der Waals surface area (Å²) in [5.74, 6) is -0.0501. The molecule has 4 nitrogen and oxygen atoms in total. The summed E-state index contributed by atoms with van der Waals surface area (Å²) in [5.41, 5.74) is 1.68. The van der Waals surface area contributed by atoms with Crippen molar-refractivity contribution in [3.05, 3.63) is 65.7 Å². The fourth-order valence-corrected chi connectivity index (χ4v) is 3.91. The SMILES string of the molecule is O=C(O)CC[C@H](C(=O)c1cccc(OCc2ccccc2)c1)C1CCCC1. The number of ether oxygens (including phenoxy) is 1. The molecule has 27 heavy (non-hydrogen) atoms. The van der Waals surface area contributed by atoms with Gasteiger partial charge in [-0.25, -0.2) is 0 Å². The molecule has 0 saturated heterocycles.